The van der Waals surface area contributed by atoms with Crippen LogP contribution in [0.15, 0.2) is 23.9 Å². The molecule has 3 heteroatoms. The number of hydrogen-bond donors (Lipinski definition) is 1. The van der Waals surface area contributed by atoms with Crippen molar-refractivity contribution in [2.45, 2.75) is 26.2 Å². The maximum Gasteiger partial charge on any atom is 0.162 e. The molecule has 3 nitrogen and oxygen atoms in total. The minimum atomic E-state index is 0.0517. The Labute approximate surface area is 88.5 Å². The van der Waals surface area contributed by atoms with Gasteiger partial charge in [-0.25, -0.2) is 0 Å². The molecule has 0 radical (unpaired) electrons. The highest BCUT2D eigenvalue weighted by Gasteiger charge is 2.22. The maximum atomic E-state index is 11.4. The Bertz CT molecular complexity index is 435. The molecule has 1 fully saturated rings. The van der Waals surface area contributed by atoms with Gasteiger partial charge in [0.05, 0.1) is 0 Å². The van der Waals surface area contributed by atoms with Gasteiger partial charge < -0.3 is 5.11 Å². The summed E-state index contributed by atoms with van der Waals surface area (Å²) in [7, 11) is 0. The van der Waals surface area contributed by atoms with Crippen LogP contribution in [0.2, 0.25) is 0 Å². The van der Waals surface area contributed by atoms with Gasteiger partial charge in [0.1, 0.15) is 11.5 Å². The second-order valence-corrected chi connectivity index (χ2v) is 3.82. The molecule has 1 aromatic heterocycles. The van der Waals surface area contributed by atoms with Crippen molar-refractivity contribution in [3.8, 4) is 0 Å². The Morgan fingerprint density at radius 3 is 2.87 bits per heavy atom. The third kappa shape index (κ3) is 1.91. The first-order valence-electron chi connectivity index (χ1n) is 5.07. The van der Waals surface area contributed by atoms with E-state index in [0.717, 1.165) is 12.0 Å². The van der Waals surface area contributed by atoms with Crippen LogP contribution in [0.4, 0.5) is 0 Å². The number of ketones is 1. The quantitative estimate of drug-likeness (QED) is 0.563. The molecular formula is C12H13NO2. The fourth-order valence-corrected chi connectivity index (χ4v) is 1.79. The fourth-order valence-electron chi connectivity index (χ4n) is 1.79. The lowest BCUT2D eigenvalue weighted by Crippen LogP contribution is -1.99. The van der Waals surface area contributed by atoms with E-state index in [1.54, 1.807) is 12.3 Å². The zero-order chi connectivity index (χ0) is 10.8. The van der Waals surface area contributed by atoms with Crippen LogP contribution in [0.5, 0.6) is 0 Å². The fraction of sp³-hybridized carbons (Fsp3) is 0.333. The average Bonchev–Trinajstić information content (AvgIpc) is 2.63. The molecule has 0 spiro atoms. The van der Waals surface area contributed by atoms with Crippen molar-refractivity contribution >= 4 is 11.5 Å². The van der Waals surface area contributed by atoms with Crippen molar-refractivity contribution in [1.29, 1.82) is 0 Å². The highest BCUT2D eigenvalue weighted by molar-refractivity contribution is 6.02. The Morgan fingerprint density at radius 2 is 2.27 bits per heavy atom. The smallest absolute Gasteiger partial charge is 0.162 e. The predicted octanol–water partition coefficient (Wildman–Crippen LogP) is 2.41. The average molecular weight is 203 g/mol. The monoisotopic (exact) mass is 203 g/mol. The van der Waals surface area contributed by atoms with Crippen molar-refractivity contribution in [3.63, 3.8) is 0 Å². The highest BCUT2D eigenvalue weighted by atomic mass is 16.3. The number of pyridine rings is 1. The number of aliphatic hydroxyl groups excluding tert-OH is 1. The number of allylic oxidation sites excluding steroid dienone is 1. The molecule has 1 aliphatic rings. The number of nitrogens with zero attached hydrogens (tertiary/aromatic N) is 1. The zero-order valence-corrected chi connectivity index (χ0v) is 8.66. The van der Waals surface area contributed by atoms with Crippen LogP contribution >= 0.6 is 0 Å². The number of rotatable bonds is 1. The Kier molecular flexibility index (Phi) is 2.54. The van der Waals surface area contributed by atoms with Gasteiger partial charge in [0.2, 0.25) is 0 Å². The molecule has 1 N–H and O–H groups in total. The summed E-state index contributed by atoms with van der Waals surface area (Å²) in [5.74, 6) is 0.108. The number of aliphatic hydroxyl groups is 1. The molecule has 0 bridgehead atoms. The molecule has 0 aromatic carbocycles. The van der Waals surface area contributed by atoms with Gasteiger partial charge in [-0.1, -0.05) is 0 Å². The summed E-state index contributed by atoms with van der Waals surface area (Å²) in [5, 5.41) is 9.91. The van der Waals surface area contributed by atoms with E-state index in [-0.39, 0.29) is 11.5 Å². The van der Waals surface area contributed by atoms with Crippen LogP contribution in [0.3, 0.4) is 0 Å². The first kappa shape index (κ1) is 9.90. The molecule has 1 aromatic rings. The number of hydrogen-bond acceptors (Lipinski definition) is 3. The number of Topliss-reactive ketones (excluding diaryl/α,β-unsaturated/α-hetero) is 1. The molecular weight excluding hydrogens is 190 g/mol. The Hall–Kier alpha value is -1.64. The number of aromatic nitrogens is 1. The number of aryl methyl sites for hydroxylation is 1. The van der Waals surface area contributed by atoms with Crippen molar-refractivity contribution in [1.82, 2.24) is 4.98 Å². The molecule has 15 heavy (non-hydrogen) atoms. The molecule has 0 aliphatic heterocycles. The van der Waals surface area contributed by atoms with Gasteiger partial charge in [-0.2, -0.15) is 0 Å². The Balaban J connectivity index is 2.42. The SMILES string of the molecule is Cc1ccnc(/C(O)=C2\CCCC2=O)c1. The predicted molar refractivity (Wildman–Crippen MR) is 57.4 cm³/mol. The molecule has 0 atom stereocenters. The zero-order valence-electron chi connectivity index (χ0n) is 8.66. The van der Waals surface area contributed by atoms with Crippen LogP contribution in [0, 0.1) is 6.92 Å². The second kappa shape index (κ2) is 3.85. The lowest BCUT2D eigenvalue weighted by atomic mass is 10.1. The first-order valence-corrected chi connectivity index (χ1v) is 5.07. The first-order chi connectivity index (χ1) is 7.18. The van der Waals surface area contributed by atoms with E-state index in [9.17, 15) is 9.90 Å². The van der Waals surface area contributed by atoms with Gasteiger partial charge in [0.25, 0.3) is 0 Å². The summed E-state index contributed by atoms with van der Waals surface area (Å²) < 4.78 is 0. The number of carbonyl (C=O) groups is 1. The summed E-state index contributed by atoms with van der Waals surface area (Å²) in [6.45, 7) is 1.93. The van der Waals surface area contributed by atoms with E-state index in [0.29, 0.717) is 24.1 Å². The van der Waals surface area contributed by atoms with Gasteiger partial charge in [-0.3, -0.25) is 9.78 Å². The van der Waals surface area contributed by atoms with E-state index >= 15 is 0 Å². The standard InChI is InChI=1S/C12H13NO2/c1-8-5-6-13-10(7-8)12(15)9-3-2-4-11(9)14/h5-7,15H,2-4H2,1H3/b12-9-. The largest absolute Gasteiger partial charge is 0.505 e. The van der Waals surface area contributed by atoms with Gasteiger partial charge in [-0.15, -0.1) is 0 Å². The summed E-state index contributed by atoms with van der Waals surface area (Å²) in [4.78, 5) is 15.5. The second-order valence-electron chi connectivity index (χ2n) is 3.82. The Morgan fingerprint density at radius 1 is 1.47 bits per heavy atom. The molecule has 0 saturated heterocycles. The van der Waals surface area contributed by atoms with Gasteiger partial charge >= 0.3 is 0 Å². The molecule has 1 aliphatic carbocycles. The van der Waals surface area contributed by atoms with Crippen molar-refractivity contribution in [2.75, 3.05) is 0 Å². The lowest BCUT2D eigenvalue weighted by molar-refractivity contribution is -0.114. The maximum absolute atomic E-state index is 11.4. The highest BCUT2D eigenvalue weighted by Crippen LogP contribution is 2.26. The minimum absolute atomic E-state index is 0.0517. The third-order valence-electron chi connectivity index (χ3n) is 2.61. The summed E-state index contributed by atoms with van der Waals surface area (Å²) >= 11 is 0. The van der Waals surface area contributed by atoms with E-state index in [2.05, 4.69) is 4.98 Å². The molecule has 1 heterocycles. The van der Waals surface area contributed by atoms with Crippen LogP contribution in [0.1, 0.15) is 30.5 Å². The summed E-state index contributed by atoms with van der Waals surface area (Å²) in [6, 6.07) is 3.64. The molecule has 1 saturated carbocycles. The molecule has 78 valence electrons. The van der Waals surface area contributed by atoms with E-state index in [4.69, 9.17) is 0 Å². The normalized spacial score (nSPS) is 19.4. The molecule has 2 rings (SSSR count). The van der Waals surface area contributed by atoms with E-state index in [1.807, 2.05) is 13.0 Å². The van der Waals surface area contributed by atoms with E-state index in [1.165, 1.54) is 0 Å². The van der Waals surface area contributed by atoms with Crippen LogP contribution in [-0.4, -0.2) is 15.9 Å². The van der Waals surface area contributed by atoms with Gasteiger partial charge in [0, 0.05) is 18.2 Å². The van der Waals surface area contributed by atoms with Crippen molar-refractivity contribution in [3.05, 3.63) is 35.2 Å². The summed E-state index contributed by atoms with van der Waals surface area (Å²) in [6.07, 6.45) is 3.69. The van der Waals surface area contributed by atoms with Crippen LogP contribution in [-0.2, 0) is 4.79 Å². The van der Waals surface area contributed by atoms with Crippen LogP contribution < -0.4 is 0 Å². The molecule has 0 amide bonds. The topological polar surface area (TPSA) is 50.2 Å². The third-order valence-corrected chi connectivity index (χ3v) is 2.61. The van der Waals surface area contributed by atoms with Crippen LogP contribution in [0.25, 0.3) is 5.76 Å². The number of carbonyl (C=O) groups excluding carboxylic acids is 1. The summed E-state index contributed by atoms with van der Waals surface area (Å²) in [5.41, 5.74) is 2.06. The lowest BCUT2D eigenvalue weighted by Gasteiger charge is -2.03. The van der Waals surface area contributed by atoms with Gasteiger partial charge in [-0.05, 0) is 37.5 Å². The minimum Gasteiger partial charge on any atom is -0.505 e. The van der Waals surface area contributed by atoms with Crippen molar-refractivity contribution < 1.29 is 9.90 Å². The van der Waals surface area contributed by atoms with Gasteiger partial charge in [0.15, 0.2) is 5.78 Å². The molecule has 0 unspecified atom stereocenters. The van der Waals surface area contributed by atoms with Crippen molar-refractivity contribution in [2.24, 2.45) is 0 Å². The van der Waals surface area contributed by atoms with E-state index < -0.39 is 0 Å².